The summed E-state index contributed by atoms with van der Waals surface area (Å²) in [5.41, 5.74) is 2.52. The summed E-state index contributed by atoms with van der Waals surface area (Å²) in [6.45, 7) is 1.98. The SMILES string of the molecule is COc1cccc(/C(C)=C2\SC(=Nc3ccncc3Cl)N(C3CCCCC3)C2=O)c1. The highest BCUT2D eigenvalue weighted by Crippen LogP contribution is 2.41. The van der Waals surface area contributed by atoms with Crippen LogP contribution >= 0.6 is 23.4 Å². The molecule has 2 aliphatic rings. The van der Waals surface area contributed by atoms with Crippen molar-refractivity contribution in [2.75, 3.05) is 7.11 Å². The molecule has 4 rings (SSSR count). The molecule has 1 aliphatic carbocycles. The van der Waals surface area contributed by atoms with Gasteiger partial charge >= 0.3 is 0 Å². The zero-order valence-corrected chi connectivity index (χ0v) is 18.7. The highest BCUT2D eigenvalue weighted by Gasteiger charge is 2.39. The first-order valence-electron chi connectivity index (χ1n) is 10.1. The minimum Gasteiger partial charge on any atom is -0.497 e. The third-order valence-corrected chi connectivity index (χ3v) is 7.01. The predicted octanol–water partition coefficient (Wildman–Crippen LogP) is 6.07. The number of aromatic nitrogens is 1. The van der Waals surface area contributed by atoms with Crippen LogP contribution in [0.4, 0.5) is 5.69 Å². The van der Waals surface area contributed by atoms with Crippen molar-refractivity contribution < 1.29 is 9.53 Å². The summed E-state index contributed by atoms with van der Waals surface area (Å²) in [7, 11) is 1.64. The average molecular weight is 442 g/mol. The van der Waals surface area contributed by atoms with Gasteiger partial charge in [0, 0.05) is 18.4 Å². The van der Waals surface area contributed by atoms with Gasteiger partial charge in [0.05, 0.1) is 22.7 Å². The Morgan fingerprint density at radius 3 is 2.80 bits per heavy atom. The first kappa shape index (κ1) is 20.9. The fraction of sp³-hybridized carbons (Fsp3) is 0.348. The van der Waals surface area contributed by atoms with Crippen LogP contribution in [0.5, 0.6) is 5.75 Å². The summed E-state index contributed by atoms with van der Waals surface area (Å²) in [6.07, 6.45) is 8.73. The second-order valence-electron chi connectivity index (χ2n) is 7.48. The van der Waals surface area contributed by atoms with Crippen LogP contribution in [0.2, 0.25) is 5.02 Å². The molecule has 1 amide bonds. The van der Waals surface area contributed by atoms with Gasteiger partial charge in [-0.25, -0.2) is 4.99 Å². The van der Waals surface area contributed by atoms with Gasteiger partial charge in [-0.2, -0.15) is 0 Å². The van der Waals surface area contributed by atoms with E-state index in [1.54, 1.807) is 25.6 Å². The monoisotopic (exact) mass is 441 g/mol. The van der Waals surface area contributed by atoms with Crippen LogP contribution in [0.1, 0.15) is 44.6 Å². The molecule has 0 bridgehead atoms. The van der Waals surface area contributed by atoms with Crippen molar-refractivity contribution in [3.63, 3.8) is 0 Å². The lowest BCUT2D eigenvalue weighted by Gasteiger charge is -2.30. The minimum absolute atomic E-state index is 0.0242. The van der Waals surface area contributed by atoms with Crippen LogP contribution in [0, 0.1) is 0 Å². The first-order valence-corrected chi connectivity index (χ1v) is 11.3. The third kappa shape index (κ3) is 4.25. The van der Waals surface area contributed by atoms with Crippen molar-refractivity contribution in [1.82, 2.24) is 9.88 Å². The smallest absolute Gasteiger partial charge is 0.267 e. The Morgan fingerprint density at radius 2 is 2.07 bits per heavy atom. The lowest BCUT2D eigenvalue weighted by Crippen LogP contribution is -2.40. The highest BCUT2D eigenvalue weighted by molar-refractivity contribution is 8.18. The van der Waals surface area contributed by atoms with Gasteiger partial charge in [0.25, 0.3) is 5.91 Å². The van der Waals surface area contributed by atoms with E-state index in [1.165, 1.54) is 18.2 Å². The van der Waals surface area contributed by atoms with Crippen LogP contribution in [0.15, 0.2) is 52.6 Å². The van der Waals surface area contributed by atoms with Gasteiger partial charge in [0.15, 0.2) is 5.17 Å². The van der Waals surface area contributed by atoms with Crippen LogP contribution in [0.3, 0.4) is 0 Å². The number of allylic oxidation sites excluding steroid dienone is 1. The number of carbonyl (C=O) groups is 1. The standard InChI is InChI=1S/C23H24ClN3O2S/c1-15(16-7-6-10-18(13-16)29-2)21-22(28)27(17-8-4-3-5-9-17)23(30-21)26-20-11-12-25-14-19(20)24/h6-7,10-14,17H,3-5,8-9H2,1-2H3/b21-15-,26-23?. The van der Waals surface area contributed by atoms with E-state index in [4.69, 9.17) is 21.3 Å². The number of thioether (sulfide) groups is 1. The lowest BCUT2D eigenvalue weighted by molar-refractivity contribution is -0.124. The zero-order valence-electron chi connectivity index (χ0n) is 17.1. The lowest BCUT2D eigenvalue weighted by atomic mass is 9.94. The second kappa shape index (κ2) is 9.23. The molecule has 5 nitrogen and oxygen atoms in total. The van der Waals surface area contributed by atoms with E-state index in [0.29, 0.717) is 20.8 Å². The molecule has 156 valence electrons. The number of ether oxygens (including phenoxy) is 1. The van der Waals surface area contributed by atoms with Gasteiger partial charge in [-0.15, -0.1) is 0 Å². The van der Waals surface area contributed by atoms with E-state index in [0.717, 1.165) is 42.6 Å². The molecule has 0 N–H and O–H groups in total. The van der Waals surface area contributed by atoms with E-state index in [1.807, 2.05) is 36.1 Å². The Labute approximate surface area is 186 Å². The summed E-state index contributed by atoms with van der Waals surface area (Å²) >= 11 is 7.72. The number of hydrogen-bond acceptors (Lipinski definition) is 5. The number of carbonyl (C=O) groups excluding carboxylic acids is 1. The number of benzene rings is 1. The Morgan fingerprint density at radius 1 is 1.27 bits per heavy atom. The summed E-state index contributed by atoms with van der Waals surface area (Å²) in [4.78, 5) is 25.0. The first-order chi connectivity index (χ1) is 14.6. The molecule has 2 fully saturated rings. The number of amidine groups is 1. The van der Waals surface area contributed by atoms with Gasteiger partial charge in [-0.05, 0) is 60.9 Å². The number of halogens is 1. The van der Waals surface area contributed by atoms with Crippen LogP contribution in [-0.4, -0.2) is 34.1 Å². The van der Waals surface area contributed by atoms with E-state index >= 15 is 0 Å². The van der Waals surface area contributed by atoms with Crippen molar-refractivity contribution >= 4 is 45.7 Å². The number of methoxy groups -OCH3 is 1. The maximum Gasteiger partial charge on any atom is 0.267 e. The van der Waals surface area contributed by atoms with E-state index in [-0.39, 0.29) is 11.9 Å². The molecule has 0 radical (unpaired) electrons. The number of aliphatic imine (C=N–C) groups is 1. The van der Waals surface area contributed by atoms with Crippen molar-refractivity contribution in [3.8, 4) is 5.75 Å². The molecular formula is C23H24ClN3O2S. The van der Waals surface area contributed by atoms with Gasteiger partial charge in [0.1, 0.15) is 5.75 Å². The van der Waals surface area contributed by atoms with Gasteiger partial charge in [-0.3, -0.25) is 14.7 Å². The predicted molar refractivity (Wildman–Crippen MR) is 123 cm³/mol. The summed E-state index contributed by atoms with van der Waals surface area (Å²) in [5, 5.41) is 1.17. The molecule has 2 heterocycles. The van der Waals surface area contributed by atoms with Gasteiger partial charge in [-0.1, -0.05) is 43.0 Å². The van der Waals surface area contributed by atoms with E-state index in [2.05, 4.69) is 4.98 Å². The third-order valence-electron chi connectivity index (χ3n) is 5.56. The fourth-order valence-electron chi connectivity index (χ4n) is 3.90. The molecule has 0 unspecified atom stereocenters. The second-order valence-corrected chi connectivity index (χ2v) is 8.86. The maximum absolute atomic E-state index is 13.5. The Kier molecular flexibility index (Phi) is 6.44. The molecule has 1 aromatic carbocycles. The molecule has 1 aromatic heterocycles. The van der Waals surface area contributed by atoms with Crippen LogP contribution < -0.4 is 4.74 Å². The Balaban J connectivity index is 1.77. The quantitative estimate of drug-likeness (QED) is 0.540. The van der Waals surface area contributed by atoms with Crippen molar-refractivity contribution in [2.45, 2.75) is 45.1 Å². The highest BCUT2D eigenvalue weighted by atomic mass is 35.5. The maximum atomic E-state index is 13.5. The number of amides is 1. The largest absolute Gasteiger partial charge is 0.497 e. The molecule has 30 heavy (non-hydrogen) atoms. The van der Waals surface area contributed by atoms with Crippen molar-refractivity contribution in [3.05, 3.63) is 58.2 Å². The molecule has 0 atom stereocenters. The van der Waals surface area contributed by atoms with Gasteiger partial charge in [0.2, 0.25) is 0 Å². The normalized spacial score (nSPS) is 20.7. The Bertz CT molecular complexity index is 1020. The molecular weight excluding hydrogens is 418 g/mol. The number of hydrogen-bond donors (Lipinski definition) is 0. The van der Waals surface area contributed by atoms with E-state index < -0.39 is 0 Å². The van der Waals surface area contributed by atoms with Crippen molar-refractivity contribution in [2.24, 2.45) is 4.99 Å². The topological polar surface area (TPSA) is 54.8 Å². The summed E-state index contributed by atoms with van der Waals surface area (Å²) in [5.74, 6) is 0.792. The fourth-order valence-corrected chi connectivity index (χ4v) is 5.18. The summed E-state index contributed by atoms with van der Waals surface area (Å²) < 4.78 is 5.36. The number of pyridine rings is 1. The number of nitrogens with zero attached hydrogens (tertiary/aromatic N) is 3. The zero-order chi connectivity index (χ0) is 21.1. The molecule has 1 saturated carbocycles. The van der Waals surface area contributed by atoms with Crippen LogP contribution in [0.25, 0.3) is 5.57 Å². The van der Waals surface area contributed by atoms with E-state index in [9.17, 15) is 4.79 Å². The molecule has 0 spiro atoms. The summed E-state index contributed by atoms with van der Waals surface area (Å²) in [6, 6.07) is 9.74. The molecule has 1 saturated heterocycles. The molecule has 2 aromatic rings. The molecule has 7 heteroatoms. The van der Waals surface area contributed by atoms with Crippen LogP contribution in [-0.2, 0) is 4.79 Å². The number of rotatable bonds is 4. The van der Waals surface area contributed by atoms with Gasteiger partial charge < -0.3 is 4.74 Å². The minimum atomic E-state index is 0.0242. The Hall–Kier alpha value is -2.31. The average Bonchev–Trinajstić information content (AvgIpc) is 3.11. The van der Waals surface area contributed by atoms with Crippen molar-refractivity contribution in [1.29, 1.82) is 0 Å². The molecule has 1 aliphatic heterocycles.